The number of benzene rings is 3. The molecule has 2 amide bonds. The van der Waals surface area contributed by atoms with Gasteiger partial charge in [-0.25, -0.2) is 8.42 Å². The number of rotatable bonds is 13. The SMILES string of the molecule is CC(C)C[C@H](NC(CCc1ccccc1)C(N)=O)C(=O)N[C@@H](c1ccc(-c2ccc(S(C)(=O)=O)cc2)cc1)C(F)(F)F. The standard InChI is InChI=1S/C31H36F3N3O4S/c1-20(2)19-27(36-26(29(35)38)18-9-21-7-5-4-6-8-21)30(39)37-28(31(32,33)34)24-12-10-22(11-13-24)23-14-16-25(17-15-23)42(3,40)41/h4-8,10-17,20,26-28,36H,9,18-19H2,1-3H3,(H2,35,38)(H,37,39)/t26?,27-,28-/m0/s1. The van der Waals surface area contributed by atoms with Gasteiger partial charge in [0.05, 0.1) is 17.0 Å². The lowest BCUT2D eigenvalue weighted by Crippen LogP contribution is -2.54. The third kappa shape index (κ3) is 9.42. The molecule has 42 heavy (non-hydrogen) atoms. The summed E-state index contributed by atoms with van der Waals surface area (Å²) < 4.78 is 66.0. The second kappa shape index (κ2) is 14.0. The van der Waals surface area contributed by atoms with Crippen LogP contribution in [0.2, 0.25) is 0 Å². The Morgan fingerprint density at radius 3 is 1.88 bits per heavy atom. The Morgan fingerprint density at radius 1 is 0.857 bits per heavy atom. The van der Waals surface area contributed by atoms with Crippen LogP contribution < -0.4 is 16.4 Å². The van der Waals surface area contributed by atoms with Crippen LogP contribution in [0.4, 0.5) is 13.2 Å². The molecule has 0 heterocycles. The molecule has 0 saturated carbocycles. The Balaban J connectivity index is 1.79. The van der Waals surface area contributed by atoms with E-state index in [1.165, 1.54) is 36.4 Å². The van der Waals surface area contributed by atoms with Crippen molar-refractivity contribution >= 4 is 21.7 Å². The second-order valence-electron chi connectivity index (χ2n) is 10.7. The summed E-state index contributed by atoms with van der Waals surface area (Å²) >= 11 is 0. The van der Waals surface area contributed by atoms with Gasteiger partial charge in [-0.15, -0.1) is 0 Å². The summed E-state index contributed by atoms with van der Waals surface area (Å²) in [6, 6.07) is 16.6. The summed E-state index contributed by atoms with van der Waals surface area (Å²) in [6.45, 7) is 3.65. The zero-order valence-electron chi connectivity index (χ0n) is 23.7. The fourth-order valence-electron chi connectivity index (χ4n) is 4.59. The zero-order valence-corrected chi connectivity index (χ0v) is 24.5. The van der Waals surface area contributed by atoms with Crippen molar-refractivity contribution in [3.63, 3.8) is 0 Å². The largest absolute Gasteiger partial charge is 0.412 e. The summed E-state index contributed by atoms with van der Waals surface area (Å²) in [5.74, 6) is -1.65. The molecule has 0 spiro atoms. The van der Waals surface area contributed by atoms with Crippen molar-refractivity contribution in [1.29, 1.82) is 0 Å². The molecule has 0 aromatic heterocycles. The predicted octanol–water partition coefficient (Wildman–Crippen LogP) is 4.97. The number of sulfone groups is 1. The first-order chi connectivity index (χ1) is 19.6. The van der Waals surface area contributed by atoms with Crippen molar-refractivity contribution in [2.75, 3.05) is 6.26 Å². The summed E-state index contributed by atoms with van der Waals surface area (Å²) in [6.07, 6.45) is -2.76. The van der Waals surface area contributed by atoms with Gasteiger partial charge in [0.2, 0.25) is 11.8 Å². The Labute approximate surface area is 244 Å². The minimum Gasteiger partial charge on any atom is -0.368 e. The van der Waals surface area contributed by atoms with Gasteiger partial charge in [-0.05, 0) is 59.6 Å². The van der Waals surface area contributed by atoms with Crippen LogP contribution in [-0.2, 0) is 25.8 Å². The van der Waals surface area contributed by atoms with E-state index in [1.807, 2.05) is 44.2 Å². The fourth-order valence-corrected chi connectivity index (χ4v) is 5.22. The quantitative estimate of drug-likeness (QED) is 0.255. The first-order valence-electron chi connectivity index (χ1n) is 13.5. The second-order valence-corrected chi connectivity index (χ2v) is 12.7. The number of nitrogens with two attached hydrogens (primary N) is 1. The molecule has 11 heteroatoms. The maximum Gasteiger partial charge on any atom is 0.412 e. The van der Waals surface area contributed by atoms with Gasteiger partial charge >= 0.3 is 6.18 Å². The van der Waals surface area contributed by atoms with Gasteiger partial charge in [0.25, 0.3) is 0 Å². The third-order valence-corrected chi connectivity index (χ3v) is 7.94. The molecule has 3 atom stereocenters. The average Bonchev–Trinajstić information content (AvgIpc) is 2.92. The van der Waals surface area contributed by atoms with E-state index in [4.69, 9.17) is 5.73 Å². The van der Waals surface area contributed by atoms with Crippen molar-refractivity contribution in [2.45, 2.75) is 62.3 Å². The van der Waals surface area contributed by atoms with Gasteiger partial charge in [0, 0.05) is 6.26 Å². The van der Waals surface area contributed by atoms with Crippen molar-refractivity contribution in [3.05, 3.63) is 90.0 Å². The summed E-state index contributed by atoms with van der Waals surface area (Å²) in [5, 5.41) is 5.05. The number of primary amides is 1. The number of amides is 2. The Bertz CT molecular complexity index is 1440. The van der Waals surface area contributed by atoms with Crippen LogP contribution in [0.5, 0.6) is 0 Å². The lowest BCUT2D eigenvalue weighted by molar-refractivity contribution is -0.164. The highest BCUT2D eigenvalue weighted by Gasteiger charge is 2.43. The summed E-state index contributed by atoms with van der Waals surface area (Å²) in [4.78, 5) is 25.6. The summed E-state index contributed by atoms with van der Waals surface area (Å²) in [5.41, 5.74) is 7.57. The molecule has 3 aromatic rings. The number of carbonyl (C=O) groups is 2. The van der Waals surface area contributed by atoms with E-state index in [2.05, 4.69) is 10.6 Å². The smallest absolute Gasteiger partial charge is 0.368 e. The molecule has 0 bridgehead atoms. The molecule has 0 aliphatic carbocycles. The van der Waals surface area contributed by atoms with E-state index in [0.29, 0.717) is 17.5 Å². The van der Waals surface area contributed by atoms with Crippen LogP contribution in [0.25, 0.3) is 11.1 Å². The number of hydrogen-bond acceptors (Lipinski definition) is 5. The topological polar surface area (TPSA) is 118 Å². The van der Waals surface area contributed by atoms with E-state index < -0.39 is 46.0 Å². The first kappa shape index (κ1) is 32.8. The molecule has 0 saturated heterocycles. The van der Waals surface area contributed by atoms with E-state index >= 15 is 0 Å². The Kier molecular flexibility index (Phi) is 10.9. The van der Waals surface area contributed by atoms with Gasteiger partial charge in [0.1, 0.15) is 0 Å². The lowest BCUT2D eigenvalue weighted by Gasteiger charge is -2.28. The highest BCUT2D eigenvalue weighted by molar-refractivity contribution is 7.90. The van der Waals surface area contributed by atoms with Crippen molar-refractivity contribution in [3.8, 4) is 11.1 Å². The van der Waals surface area contributed by atoms with Gasteiger partial charge in [0.15, 0.2) is 15.9 Å². The average molecular weight is 604 g/mol. The molecule has 4 N–H and O–H groups in total. The van der Waals surface area contributed by atoms with Crippen LogP contribution in [0.15, 0.2) is 83.8 Å². The Morgan fingerprint density at radius 2 is 1.40 bits per heavy atom. The van der Waals surface area contributed by atoms with Crippen LogP contribution >= 0.6 is 0 Å². The fraction of sp³-hybridized carbons (Fsp3) is 0.355. The first-order valence-corrected chi connectivity index (χ1v) is 15.4. The minimum atomic E-state index is -4.80. The van der Waals surface area contributed by atoms with Crippen LogP contribution in [0.1, 0.15) is 43.9 Å². The van der Waals surface area contributed by atoms with Gasteiger partial charge in [-0.2, -0.15) is 13.2 Å². The molecule has 0 radical (unpaired) electrons. The lowest BCUT2D eigenvalue weighted by atomic mass is 9.98. The molecular formula is C31H36F3N3O4S. The summed E-state index contributed by atoms with van der Waals surface area (Å²) in [7, 11) is -3.39. The maximum atomic E-state index is 14.2. The molecule has 0 aliphatic heterocycles. The molecular weight excluding hydrogens is 567 g/mol. The van der Waals surface area contributed by atoms with Crippen molar-refractivity contribution in [1.82, 2.24) is 10.6 Å². The van der Waals surface area contributed by atoms with E-state index in [9.17, 15) is 31.2 Å². The molecule has 3 rings (SSSR count). The van der Waals surface area contributed by atoms with E-state index in [0.717, 1.165) is 11.8 Å². The number of carbonyl (C=O) groups excluding carboxylic acids is 2. The van der Waals surface area contributed by atoms with E-state index in [-0.39, 0.29) is 29.2 Å². The molecule has 3 aromatic carbocycles. The molecule has 7 nitrogen and oxygen atoms in total. The van der Waals surface area contributed by atoms with Crippen LogP contribution in [-0.4, -0.2) is 44.7 Å². The van der Waals surface area contributed by atoms with Crippen molar-refractivity contribution < 1.29 is 31.2 Å². The normalized spacial score (nSPS) is 14.3. The molecule has 0 aliphatic rings. The monoisotopic (exact) mass is 603 g/mol. The molecule has 1 unspecified atom stereocenters. The highest BCUT2D eigenvalue weighted by Crippen LogP contribution is 2.34. The van der Waals surface area contributed by atoms with Crippen LogP contribution in [0, 0.1) is 5.92 Å². The number of hydrogen-bond donors (Lipinski definition) is 3. The highest BCUT2D eigenvalue weighted by atomic mass is 32.2. The number of halogens is 3. The minimum absolute atomic E-state index is 0.0615. The zero-order chi connectivity index (χ0) is 31.1. The van der Waals surface area contributed by atoms with Crippen LogP contribution in [0.3, 0.4) is 0 Å². The molecule has 226 valence electrons. The van der Waals surface area contributed by atoms with Gasteiger partial charge in [-0.3, -0.25) is 14.9 Å². The van der Waals surface area contributed by atoms with Crippen molar-refractivity contribution in [2.24, 2.45) is 11.7 Å². The third-order valence-electron chi connectivity index (χ3n) is 6.81. The number of nitrogens with one attached hydrogen (secondary N) is 2. The van der Waals surface area contributed by atoms with Gasteiger partial charge < -0.3 is 11.1 Å². The van der Waals surface area contributed by atoms with Gasteiger partial charge in [-0.1, -0.05) is 80.6 Å². The number of alkyl halides is 3. The Hall–Kier alpha value is -3.70. The maximum absolute atomic E-state index is 14.2. The predicted molar refractivity (Wildman–Crippen MR) is 156 cm³/mol. The molecule has 0 fully saturated rings. The number of aryl methyl sites for hydroxylation is 1. The van der Waals surface area contributed by atoms with E-state index in [1.54, 1.807) is 12.1 Å².